The third-order valence-electron chi connectivity index (χ3n) is 5.68. The Hall–Kier alpha value is -2.84. The van der Waals surface area contributed by atoms with Gasteiger partial charge in [0.1, 0.15) is 10.6 Å². The van der Waals surface area contributed by atoms with Gasteiger partial charge in [-0.2, -0.15) is 5.10 Å². The lowest BCUT2D eigenvalue weighted by atomic mass is 10.1. The second-order valence-electron chi connectivity index (χ2n) is 7.98. The molecule has 0 fully saturated rings. The van der Waals surface area contributed by atoms with Gasteiger partial charge in [0, 0.05) is 48.2 Å². The summed E-state index contributed by atoms with van der Waals surface area (Å²) < 4.78 is 1.85. The van der Waals surface area contributed by atoms with Crippen molar-refractivity contribution in [3.05, 3.63) is 52.9 Å². The maximum atomic E-state index is 4.96. The van der Waals surface area contributed by atoms with E-state index in [0.717, 1.165) is 41.4 Å². The first-order valence-electron chi connectivity index (χ1n) is 10.2. The maximum absolute atomic E-state index is 4.96. The average Bonchev–Trinajstić information content (AvgIpc) is 3.44. The Morgan fingerprint density at radius 3 is 2.87 bits per heavy atom. The van der Waals surface area contributed by atoms with Crippen molar-refractivity contribution in [1.82, 2.24) is 29.6 Å². The van der Waals surface area contributed by atoms with Crippen LogP contribution in [0.15, 0.2) is 36.9 Å². The number of hydrogen-bond donors (Lipinski definition) is 1. The molecule has 4 heterocycles. The largest absolute Gasteiger partial charge is 0.367 e. The fourth-order valence-corrected chi connectivity index (χ4v) is 5.41. The summed E-state index contributed by atoms with van der Waals surface area (Å²) in [6.07, 6.45) is 11.1. The van der Waals surface area contributed by atoms with Crippen LogP contribution in [0.1, 0.15) is 28.5 Å². The molecule has 1 atom stereocenters. The summed E-state index contributed by atoms with van der Waals surface area (Å²) in [6, 6.07) is 4.13. The molecule has 0 amide bonds. The van der Waals surface area contributed by atoms with Crippen molar-refractivity contribution in [1.29, 1.82) is 0 Å². The van der Waals surface area contributed by atoms with Gasteiger partial charge in [-0.25, -0.2) is 9.97 Å². The summed E-state index contributed by atoms with van der Waals surface area (Å²) in [5, 5.41) is 9.21. The average molecular weight is 420 g/mol. The number of hydrogen-bond acceptors (Lipinski definition) is 7. The summed E-state index contributed by atoms with van der Waals surface area (Å²) >= 11 is 1.81. The molecule has 4 aromatic heterocycles. The summed E-state index contributed by atoms with van der Waals surface area (Å²) in [4.78, 5) is 18.8. The summed E-state index contributed by atoms with van der Waals surface area (Å²) in [7, 11) is 6.14. The normalized spacial score (nSPS) is 14.4. The van der Waals surface area contributed by atoms with Crippen molar-refractivity contribution in [2.45, 2.75) is 25.3 Å². The molecule has 0 bridgehead atoms. The number of aromatic nitrogens is 5. The van der Waals surface area contributed by atoms with E-state index in [1.807, 2.05) is 47.6 Å². The SMILES string of the molecule is CN(C)C(CNc1nc(-c2cccnc2)nc2sc3c(c12)CCC3)c1cnn(C)c1. The minimum atomic E-state index is 0.192. The first-order chi connectivity index (χ1) is 14.6. The van der Waals surface area contributed by atoms with Crippen molar-refractivity contribution in [2.75, 3.05) is 26.0 Å². The van der Waals surface area contributed by atoms with Crippen LogP contribution in [0.3, 0.4) is 0 Å². The molecule has 4 aromatic rings. The van der Waals surface area contributed by atoms with Crippen LogP contribution in [0.4, 0.5) is 5.82 Å². The highest BCUT2D eigenvalue weighted by Gasteiger charge is 2.24. The number of fused-ring (bicyclic) bond motifs is 3. The van der Waals surface area contributed by atoms with Crippen molar-refractivity contribution in [3.8, 4) is 11.4 Å². The highest BCUT2D eigenvalue weighted by atomic mass is 32.1. The third-order valence-corrected chi connectivity index (χ3v) is 6.87. The number of aryl methyl sites for hydroxylation is 3. The Balaban J connectivity index is 1.55. The van der Waals surface area contributed by atoms with Gasteiger partial charge >= 0.3 is 0 Å². The fourth-order valence-electron chi connectivity index (χ4n) is 4.15. The molecule has 1 unspecified atom stereocenters. The van der Waals surface area contributed by atoms with Crippen LogP contribution in [0.2, 0.25) is 0 Å². The van der Waals surface area contributed by atoms with E-state index in [4.69, 9.17) is 9.97 Å². The third kappa shape index (κ3) is 3.46. The minimum absolute atomic E-state index is 0.192. The van der Waals surface area contributed by atoms with E-state index in [1.54, 1.807) is 6.20 Å². The lowest BCUT2D eigenvalue weighted by Gasteiger charge is -2.24. The molecule has 154 valence electrons. The van der Waals surface area contributed by atoms with Gasteiger partial charge in [0.15, 0.2) is 5.82 Å². The van der Waals surface area contributed by atoms with Crippen molar-refractivity contribution in [3.63, 3.8) is 0 Å². The predicted molar refractivity (Wildman–Crippen MR) is 121 cm³/mol. The topological polar surface area (TPSA) is 71.8 Å². The Morgan fingerprint density at radius 1 is 1.23 bits per heavy atom. The van der Waals surface area contributed by atoms with Crippen LogP contribution < -0.4 is 5.32 Å². The van der Waals surface area contributed by atoms with Crippen molar-refractivity contribution < 1.29 is 0 Å². The lowest BCUT2D eigenvalue weighted by Crippen LogP contribution is -2.27. The maximum Gasteiger partial charge on any atom is 0.164 e. The van der Waals surface area contributed by atoms with E-state index in [1.165, 1.54) is 27.8 Å². The molecule has 8 heteroatoms. The molecule has 0 radical (unpaired) electrons. The molecule has 1 N–H and O–H groups in total. The van der Waals surface area contributed by atoms with Crippen LogP contribution >= 0.6 is 11.3 Å². The fraction of sp³-hybridized carbons (Fsp3) is 0.364. The van der Waals surface area contributed by atoms with Gasteiger partial charge in [0.25, 0.3) is 0 Å². The number of nitrogens with zero attached hydrogens (tertiary/aromatic N) is 6. The second-order valence-corrected chi connectivity index (χ2v) is 9.07. The number of likely N-dealkylation sites (N-methyl/N-ethyl adjacent to an activating group) is 1. The summed E-state index contributed by atoms with van der Waals surface area (Å²) in [6.45, 7) is 0.738. The first-order valence-corrected chi connectivity index (χ1v) is 11.0. The van der Waals surface area contributed by atoms with Crippen molar-refractivity contribution in [2.24, 2.45) is 7.05 Å². The van der Waals surface area contributed by atoms with Crippen LogP contribution in [-0.4, -0.2) is 50.3 Å². The van der Waals surface area contributed by atoms with Gasteiger partial charge in [-0.1, -0.05) is 0 Å². The molecule has 0 spiro atoms. The van der Waals surface area contributed by atoms with Gasteiger partial charge in [-0.05, 0) is 51.1 Å². The molecule has 0 aromatic carbocycles. The van der Waals surface area contributed by atoms with Gasteiger partial charge in [-0.3, -0.25) is 9.67 Å². The zero-order chi connectivity index (χ0) is 20.7. The Labute approximate surface area is 179 Å². The first kappa shape index (κ1) is 19.1. The molecule has 0 aliphatic heterocycles. The van der Waals surface area contributed by atoms with E-state index >= 15 is 0 Å². The molecule has 30 heavy (non-hydrogen) atoms. The zero-order valence-electron chi connectivity index (χ0n) is 17.5. The van der Waals surface area contributed by atoms with Crippen LogP contribution in [0, 0.1) is 0 Å². The standard InChI is InChI=1S/C22H25N7S/c1-28(2)17(15-11-25-29(3)13-15)12-24-21-19-16-7-4-8-18(16)30-22(19)27-20(26-21)14-6-5-9-23-10-14/h5-6,9-11,13,17H,4,7-8,12H2,1-3H3,(H,24,26,27). The van der Waals surface area contributed by atoms with Gasteiger partial charge in [0.2, 0.25) is 0 Å². The zero-order valence-corrected chi connectivity index (χ0v) is 18.3. The molecule has 0 saturated carbocycles. The number of nitrogens with one attached hydrogen (secondary N) is 1. The molecule has 5 rings (SSSR count). The Morgan fingerprint density at radius 2 is 2.13 bits per heavy atom. The Kier molecular flexibility index (Phi) is 4.96. The second kappa shape index (κ2) is 7.77. The monoisotopic (exact) mass is 419 g/mol. The van der Waals surface area contributed by atoms with E-state index in [-0.39, 0.29) is 6.04 Å². The van der Waals surface area contributed by atoms with Crippen LogP contribution in [-0.2, 0) is 19.9 Å². The quantitative estimate of drug-likeness (QED) is 0.514. The summed E-state index contributed by atoms with van der Waals surface area (Å²) in [5.74, 6) is 1.65. The number of pyridine rings is 1. The smallest absolute Gasteiger partial charge is 0.164 e. The molecule has 1 aliphatic carbocycles. The van der Waals surface area contributed by atoms with E-state index < -0.39 is 0 Å². The molecular formula is C22H25N7S. The molecular weight excluding hydrogens is 394 g/mol. The van der Waals surface area contributed by atoms with E-state index in [0.29, 0.717) is 0 Å². The minimum Gasteiger partial charge on any atom is -0.367 e. The molecule has 1 aliphatic rings. The Bertz CT molecular complexity index is 1180. The predicted octanol–water partition coefficient (Wildman–Crippen LogP) is 3.69. The van der Waals surface area contributed by atoms with Gasteiger partial charge in [0.05, 0.1) is 17.6 Å². The van der Waals surface area contributed by atoms with Crippen LogP contribution in [0.25, 0.3) is 21.6 Å². The lowest BCUT2D eigenvalue weighted by molar-refractivity contribution is 0.311. The highest BCUT2D eigenvalue weighted by molar-refractivity contribution is 7.19. The number of anilines is 1. The highest BCUT2D eigenvalue weighted by Crippen LogP contribution is 2.40. The van der Waals surface area contributed by atoms with Gasteiger partial charge in [-0.15, -0.1) is 11.3 Å². The van der Waals surface area contributed by atoms with Crippen LogP contribution in [0.5, 0.6) is 0 Å². The van der Waals surface area contributed by atoms with E-state index in [9.17, 15) is 0 Å². The van der Waals surface area contributed by atoms with E-state index in [2.05, 4.69) is 40.6 Å². The summed E-state index contributed by atoms with van der Waals surface area (Å²) in [5.41, 5.74) is 3.55. The van der Waals surface area contributed by atoms with Gasteiger partial charge < -0.3 is 10.2 Å². The number of rotatable bonds is 6. The van der Waals surface area contributed by atoms with Crippen molar-refractivity contribution >= 4 is 27.4 Å². The molecule has 0 saturated heterocycles. The molecule has 7 nitrogen and oxygen atoms in total. The number of thiophene rings is 1.